The summed E-state index contributed by atoms with van der Waals surface area (Å²) in [7, 11) is 0. The van der Waals surface area contributed by atoms with E-state index in [1.165, 1.54) is 22.3 Å². The summed E-state index contributed by atoms with van der Waals surface area (Å²) in [5.74, 6) is 0. The van der Waals surface area contributed by atoms with Crippen LogP contribution in [0.1, 0.15) is 40.5 Å². The first-order chi connectivity index (χ1) is 6.61. The molecule has 0 bridgehead atoms. The molecule has 0 radical (unpaired) electrons. The van der Waals surface area contributed by atoms with Crippen LogP contribution >= 0.6 is 0 Å². The number of hydrogen-bond donors (Lipinski definition) is 0. The fraction of sp³-hybridized carbons (Fsp3) is 0.429. The molecule has 0 saturated heterocycles. The minimum absolute atomic E-state index is 0. The first-order valence-corrected chi connectivity index (χ1v) is 5.10. The predicted octanol–water partition coefficient (Wildman–Crippen LogP) is 4.17. The van der Waals surface area contributed by atoms with Crippen molar-refractivity contribution in [3.8, 4) is 0 Å². The summed E-state index contributed by atoms with van der Waals surface area (Å²) in [5.41, 5.74) is 5.42. The molecule has 0 aliphatic heterocycles. The predicted molar refractivity (Wildman–Crippen MR) is 61.6 cm³/mol. The van der Waals surface area contributed by atoms with Gasteiger partial charge in [-0.1, -0.05) is 13.8 Å². The van der Waals surface area contributed by atoms with Crippen LogP contribution < -0.4 is 0 Å². The van der Waals surface area contributed by atoms with E-state index in [0.717, 1.165) is 12.8 Å². The zero-order valence-corrected chi connectivity index (χ0v) is 11.6. The Morgan fingerprint density at radius 3 is 1.20 bits per heavy atom. The van der Waals surface area contributed by atoms with Crippen LogP contribution in [0.15, 0.2) is 34.4 Å². The van der Waals surface area contributed by atoms with Gasteiger partial charge in [-0.25, -0.2) is 22.3 Å². The quantitative estimate of drug-likeness (QED) is 0.436. The summed E-state index contributed by atoms with van der Waals surface area (Å²) >= 11 is 0. The maximum absolute atomic E-state index is 3.19. The summed E-state index contributed by atoms with van der Waals surface area (Å²) in [5, 5.41) is 0. The van der Waals surface area contributed by atoms with E-state index in [2.05, 4.69) is 52.0 Å². The molecular weight excluding hydrogens is 216 g/mol. The maximum atomic E-state index is 3.19. The van der Waals surface area contributed by atoms with E-state index < -0.39 is 0 Å². The van der Waals surface area contributed by atoms with Crippen molar-refractivity contribution in [2.24, 2.45) is 0 Å². The normalized spacial score (nSPS) is 17.9. The van der Waals surface area contributed by atoms with Gasteiger partial charge in [0.05, 0.1) is 0 Å². The van der Waals surface area contributed by atoms with Gasteiger partial charge in [-0.2, -0.15) is 12.2 Å². The average molecular weight is 234 g/mol. The third kappa shape index (κ3) is 4.81. The van der Waals surface area contributed by atoms with E-state index in [9.17, 15) is 0 Å². The summed E-state index contributed by atoms with van der Waals surface area (Å²) in [4.78, 5) is 0. The summed E-state index contributed by atoms with van der Waals surface area (Å²) in [6, 6.07) is 0. The molecule has 0 unspecified atom stereocenters. The van der Waals surface area contributed by atoms with E-state index in [1.807, 2.05) is 0 Å². The van der Waals surface area contributed by atoms with Crippen molar-refractivity contribution >= 4 is 0 Å². The van der Waals surface area contributed by atoms with Crippen molar-refractivity contribution in [1.29, 1.82) is 0 Å². The SMILES string of the molecule is CC1=[C-]CC=C1C.CC1=[C-]CC=C1C.[Ti+2]. The van der Waals surface area contributed by atoms with Gasteiger partial charge in [0, 0.05) is 0 Å². The topological polar surface area (TPSA) is 0 Å². The van der Waals surface area contributed by atoms with Gasteiger partial charge in [0.15, 0.2) is 0 Å². The maximum Gasteiger partial charge on any atom is 2.00 e. The van der Waals surface area contributed by atoms with Crippen LogP contribution in [0.25, 0.3) is 0 Å². The Labute approximate surface area is 109 Å². The van der Waals surface area contributed by atoms with E-state index >= 15 is 0 Å². The Balaban J connectivity index is 0.000000245. The third-order valence-corrected chi connectivity index (χ3v) is 2.73. The van der Waals surface area contributed by atoms with Gasteiger partial charge in [0.25, 0.3) is 0 Å². The van der Waals surface area contributed by atoms with Gasteiger partial charge in [0.2, 0.25) is 0 Å². The number of allylic oxidation sites excluding steroid dienone is 8. The van der Waals surface area contributed by atoms with Crippen molar-refractivity contribution < 1.29 is 21.7 Å². The van der Waals surface area contributed by atoms with Gasteiger partial charge in [-0.3, -0.25) is 12.2 Å². The molecule has 0 atom stereocenters. The molecule has 78 valence electrons. The van der Waals surface area contributed by atoms with Crippen molar-refractivity contribution in [1.82, 2.24) is 0 Å². The van der Waals surface area contributed by atoms with E-state index in [4.69, 9.17) is 0 Å². The molecule has 1 heteroatoms. The second-order valence-electron chi connectivity index (χ2n) is 3.79. The molecule has 2 aliphatic carbocycles. The summed E-state index contributed by atoms with van der Waals surface area (Å²) in [6.45, 7) is 8.43. The molecule has 0 aromatic heterocycles. The summed E-state index contributed by atoms with van der Waals surface area (Å²) < 4.78 is 0. The number of hydrogen-bond acceptors (Lipinski definition) is 0. The van der Waals surface area contributed by atoms with Crippen LogP contribution in [0.5, 0.6) is 0 Å². The van der Waals surface area contributed by atoms with Crippen LogP contribution in [0.4, 0.5) is 0 Å². The Kier molecular flexibility index (Phi) is 6.88. The molecule has 0 aromatic carbocycles. The first-order valence-electron chi connectivity index (χ1n) is 5.10. The minimum atomic E-state index is 0. The summed E-state index contributed by atoms with van der Waals surface area (Å²) in [6.07, 6.45) is 12.8. The smallest absolute Gasteiger partial charge is 0.270 e. The molecule has 0 amide bonds. The Hall–Kier alpha value is -0.326. The van der Waals surface area contributed by atoms with Crippen molar-refractivity contribution in [2.75, 3.05) is 0 Å². The molecule has 0 nitrogen and oxygen atoms in total. The van der Waals surface area contributed by atoms with Crippen LogP contribution in [-0.4, -0.2) is 0 Å². The zero-order valence-electron chi connectivity index (χ0n) is 10.1. The zero-order chi connectivity index (χ0) is 10.6. The van der Waals surface area contributed by atoms with Crippen molar-refractivity contribution in [3.63, 3.8) is 0 Å². The van der Waals surface area contributed by atoms with Crippen molar-refractivity contribution in [2.45, 2.75) is 40.5 Å². The largest absolute Gasteiger partial charge is 2.00 e. The molecule has 2 aliphatic rings. The second-order valence-corrected chi connectivity index (χ2v) is 3.79. The minimum Gasteiger partial charge on any atom is -0.270 e. The van der Waals surface area contributed by atoms with Crippen LogP contribution in [0.2, 0.25) is 0 Å². The molecule has 15 heavy (non-hydrogen) atoms. The molecular formula is C14H18Ti. The van der Waals surface area contributed by atoms with E-state index in [1.54, 1.807) is 0 Å². The van der Waals surface area contributed by atoms with Gasteiger partial charge in [-0.15, -0.1) is 26.7 Å². The van der Waals surface area contributed by atoms with E-state index in [0.29, 0.717) is 0 Å². The second kappa shape index (κ2) is 7.03. The van der Waals surface area contributed by atoms with Crippen LogP contribution in [-0.2, 0) is 21.7 Å². The van der Waals surface area contributed by atoms with Gasteiger partial charge >= 0.3 is 21.7 Å². The number of rotatable bonds is 0. The van der Waals surface area contributed by atoms with E-state index in [-0.39, 0.29) is 21.7 Å². The fourth-order valence-corrected chi connectivity index (χ4v) is 1.30. The Morgan fingerprint density at radius 2 is 1.13 bits per heavy atom. The molecule has 2 rings (SSSR count). The van der Waals surface area contributed by atoms with Gasteiger partial charge < -0.3 is 0 Å². The van der Waals surface area contributed by atoms with Gasteiger partial charge in [0.1, 0.15) is 0 Å². The molecule has 0 heterocycles. The molecule has 0 fully saturated rings. The van der Waals surface area contributed by atoms with Crippen LogP contribution in [0.3, 0.4) is 0 Å². The molecule has 0 N–H and O–H groups in total. The van der Waals surface area contributed by atoms with Crippen molar-refractivity contribution in [3.05, 3.63) is 46.6 Å². The standard InChI is InChI=1S/2C7H9.Ti/c2*1-6-4-3-5-7(6)2;/h2*4H,3H2,1-2H3;/q2*-1;+2. The fourth-order valence-electron chi connectivity index (χ4n) is 1.30. The van der Waals surface area contributed by atoms with Crippen LogP contribution in [0, 0.1) is 12.2 Å². The Morgan fingerprint density at radius 1 is 0.800 bits per heavy atom. The van der Waals surface area contributed by atoms with Gasteiger partial charge in [-0.05, 0) is 0 Å². The molecule has 0 saturated carbocycles. The first kappa shape index (κ1) is 14.7. The molecule has 0 aromatic rings. The average Bonchev–Trinajstić information content (AvgIpc) is 2.67. The monoisotopic (exact) mass is 234 g/mol. The third-order valence-electron chi connectivity index (χ3n) is 2.73. The molecule has 0 spiro atoms. The Bertz CT molecular complexity index is 261.